The van der Waals surface area contributed by atoms with Crippen LogP contribution in [0.25, 0.3) is 10.6 Å². The second-order valence-corrected chi connectivity index (χ2v) is 7.03. The zero-order chi connectivity index (χ0) is 15.0. The summed E-state index contributed by atoms with van der Waals surface area (Å²) in [6, 6.07) is 1.97. The number of carbonyl (C=O) groups is 2. The zero-order valence-corrected chi connectivity index (χ0v) is 13.0. The molecule has 1 saturated heterocycles. The van der Waals surface area contributed by atoms with Gasteiger partial charge in [0.2, 0.25) is 0 Å². The van der Waals surface area contributed by atoms with Crippen LogP contribution in [-0.4, -0.2) is 40.0 Å². The van der Waals surface area contributed by atoms with Crippen LogP contribution in [0.15, 0.2) is 22.2 Å². The summed E-state index contributed by atoms with van der Waals surface area (Å²) in [5.74, 6) is -1.03. The van der Waals surface area contributed by atoms with Gasteiger partial charge >= 0.3 is 5.97 Å². The topological polar surface area (TPSA) is 70.5 Å². The number of hydrogen-bond acceptors (Lipinski definition) is 5. The lowest BCUT2D eigenvalue weighted by Crippen LogP contribution is -2.35. The predicted molar refractivity (Wildman–Crippen MR) is 81.7 cm³/mol. The number of aliphatic carboxylic acids is 1. The van der Waals surface area contributed by atoms with Gasteiger partial charge in [0.15, 0.2) is 0 Å². The number of likely N-dealkylation sites (tertiary alicyclic amines) is 1. The normalized spacial score (nSPS) is 21.7. The lowest BCUT2D eigenvalue weighted by atomic mass is 9.90. The molecule has 0 aromatic carbocycles. The van der Waals surface area contributed by atoms with E-state index in [4.69, 9.17) is 0 Å². The van der Waals surface area contributed by atoms with Crippen molar-refractivity contribution in [3.05, 3.63) is 27.9 Å². The van der Waals surface area contributed by atoms with Crippen molar-refractivity contribution in [1.82, 2.24) is 9.88 Å². The van der Waals surface area contributed by atoms with E-state index in [-0.39, 0.29) is 12.5 Å². The van der Waals surface area contributed by atoms with E-state index in [1.165, 1.54) is 11.3 Å². The lowest BCUT2D eigenvalue weighted by Gasteiger charge is -2.19. The van der Waals surface area contributed by atoms with Gasteiger partial charge in [-0.05, 0) is 24.8 Å². The molecule has 7 heteroatoms. The molecule has 1 amide bonds. The Hall–Kier alpha value is -1.73. The maximum absolute atomic E-state index is 12.4. The van der Waals surface area contributed by atoms with Gasteiger partial charge in [-0.15, -0.1) is 11.3 Å². The Labute approximate surface area is 129 Å². The van der Waals surface area contributed by atoms with Gasteiger partial charge in [0.1, 0.15) is 10.7 Å². The molecule has 1 aliphatic heterocycles. The fraction of sp³-hybridized carbons (Fsp3) is 0.357. The summed E-state index contributed by atoms with van der Waals surface area (Å²) in [7, 11) is 0. The third-order valence-electron chi connectivity index (χ3n) is 3.77. The fourth-order valence-electron chi connectivity index (χ4n) is 2.36. The molecule has 5 nitrogen and oxygen atoms in total. The van der Waals surface area contributed by atoms with Crippen molar-refractivity contribution in [2.75, 3.05) is 13.1 Å². The SMILES string of the molecule is C[C@]1(C(=O)O)CCN(C(=O)c2csc(-c3ccsc3)n2)C1. The summed E-state index contributed by atoms with van der Waals surface area (Å²) in [5, 5.41) is 15.7. The molecule has 1 fully saturated rings. The predicted octanol–water partition coefficient (Wildman–Crippen LogP) is 2.81. The van der Waals surface area contributed by atoms with Crippen LogP contribution in [0.4, 0.5) is 0 Å². The number of carboxylic acid groups (broad SMARTS) is 1. The molecule has 21 heavy (non-hydrogen) atoms. The van der Waals surface area contributed by atoms with Crippen LogP contribution in [0, 0.1) is 5.41 Å². The number of hydrogen-bond donors (Lipinski definition) is 1. The monoisotopic (exact) mass is 322 g/mol. The van der Waals surface area contributed by atoms with Crippen molar-refractivity contribution in [1.29, 1.82) is 0 Å². The summed E-state index contributed by atoms with van der Waals surface area (Å²) in [5.41, 5.74) is 0.568. The highest BCUT2D eigenvalue weighted by atomic mass is 32.1. The van der Waals surface area contributed by atoms with Crippen LogP contribution in [0.2, 0.25) is 0 Å². The average molecular weight is 322 g/mol. The quantitative estimate of drug-likeness (QED) is 0.943. The molecule has 2 aromatic heterocycles. The smallest absolute Gasteiger partial charge is 0.311 e. The Morgan fingerprint density at radius 3 is 2.86 bits per heavy atom. The minimum absolute atomic E-state index is 0.183. The second kappa shape index (κ2) is 5.23. The molecule has 1 aliphatic rings. The van der Waals surface area contributed by atoms with E-state index in [1.54, 1.807) is 28.5 Å². The van der Waals surface area contributed by atoms with Crippen molar-refractivity contribution in [3.63, 3.8) is 0 Å². The number of thiazole rings is 1. The van der Waals surface area contributed by atoms with Crippen molar-refractivity contribution in [2.24, 2.45) is 5.41 Å². The van der Waals surface area contributed by atoms with Crippen LogP contribution >= 0.6 is 22.7 Å². The molecule has 0 bridgehead atoms. The highest BCUT2D eigenvalue weighted by Crippen LogP contribution is 2.32. The average Bonchev–Trinajstić information content (AvgIpc) is 3.18. The molecule has 1 atom stereocenters. The van der Waals surface area contributed by atoms with Crippen molar-refractivity contribution in [3.8, 4) is 10.6 Å². The first-order valence-electron chi connectivity index (χ1n) is 6.50. The molecule has 110 valence electrons. The van der Waals surface area contributed by atoms with Crippen molar-refractivity contribution < 1.29 is 14.7 Å². The third-order valence-corrected chi connectivity index (χ3v) is 5.34. The molecule has 0 aliphatic carbocycles. The van der Waals surface area contributed by atoms with E-state index >= 15 is 0 Å². The van der Waals surface area contributed by atoms with E-state index in [0.29, 0.717) is 18.7 Å². The van der Waals surface area contributed by atoms with Crippen LogP contribution in [0.1, 0.15) is 23.8 Å². The summed E-state index contributed by atoms with van der Waals surface area (Å²) in [4.78, 5) is 29.6. The zero-order valence-electron chi connectivity index (χ0n) is 11.4. The summed E-state index contributed by atoms with van der Waals surface area (Å²) in [6.07, 6.45) is 0.482. The summed E-state index contributed by atoms with van der Waals surface area (Å²) in [6.45, 7) is 2.39. The minimum Gasteiger partial charge on any atom is -0.481 e. The van der Waals surface area contributed by atoms with Gasteiger partial charge in [-0.3, -0.25) is 9.59 Å². The number of thiophene rings is 1. The molecule has 3 heterocycles. The Kier molecular flexibility index (Phi) is 3.54. The van der Waals surface area contributed by atoms with Crippen molar-refractivity contribution >= 4 is 34.6 Å². The molecule has 0 unspecified atom stereocenters. The largest absolute Gasteiger partial charge is 0.481 e. The molecular weight excluding hydrogens is 308 g/mol. The van der Waals surface area contributed by atoms with Crippen molar-refractivity contribution in [2.45, 2.75) is 13.3 Å². The Morgan fingerprint density at radius 2 is 2.24 bits per heavy atom. The molecule has 3 rings (SSSR count). The molecular formula is C14H14N2O3S2. The maximum Gasteiger partial charge on any atom is 0.311 e. The Morgan fingerprint density at radius 1 is 1.43 bits per heavy atom. The Bertz CT molecular complexity index is 680. The third kappa shape index (κ3) is 2.58. The van der Waals surface area contributed by atoms with Gasteiger partial charge < -0.3 is 10.0 Å². The van der Waals surface area contributed by atoms with E-state index in [2.05, 4.69) is 4.98 Å². The van der Waals surface area contributed by atoms with Crippen LogP contribution in [0.5, 0.6) is 0 Å². The van der Waals surface area contributed by atoms with Gasteiger partial charge in [-0.1, -0.05) is 0 Å². The summed E-state index contributed by atoms with van der Waals surface area (Å²) >= 11 is 3.02. The van der Waals surface area contributed by atoms with Gasteiger partial charge in [-0.25, -0.2) is 4.98 Å². The van der Waals surface area contributed by atoms with Crippen LogP contribution in [-0.2, 0) is 4.79 Å². The first kappa shape index (κ1) is 14.2. The molecule has 0 spiro atoms. The number of rotatable bonds is 3. The standard InChI is InChI=1S/C14H14N2O3S2/c1-14(13(18)19)3-4-16(8-14)12(17)10-7-21-11(15-10)9-2-5-20-6-9/h2,5-7H,3-4,8H2,1H3,(H,18,19)/t14-/m0/s1. The van der Waals surface area contributed by atoms with E-state index in [1.807, 2.05) is 16.8 Å². The van der Waals surface area contributed by atoms with Crippen LogP contribution < -0.4 is 0 Å². The molecule has 0 saturated carbocycles. The van der Waals surface area contributed by atoms with Crippen LogP contribution in [0.3, 0.4) is 0 Å². The first-order chi connectivity index (χ1) is 9.99. The number of carboxylic acids is 1. The molecule has 1 N–H and O–H groups in total. The van der Waals surface area contributed by atoms with Gasteiger partial charge in [-0.2, -0.15) is 11.3 Å². The fourth-order valence-corrected chi connectivity index (χ4v) is 3.87. The highest BCUT2D eigenvalue weighted by Gasteiger charge is 2.42. The number of nitrogens with zero attached hydrogens (tertiary/aromatic N) is 2. The van der Waals surface area contributed by atoms with E-state index in [0.717, 1.165) is 10.6 Å². The lowest BCUT2D eigenvalue weighted by molar-refractivity contribution is -0.147. The first-order valence-corrected chi connectivity index (χ1v) is 8.33. The number of aromatic nitrogens is 1. The number of amides is 1. The minimum atomic E-state index is -0.852. The van der Waals surface area contributed by atoms with E-state index < -0.39 is 11.4 Å². The second-order valence-electron chi connectivity index (χ2n) is 5.39. The van der Waals surface area contributed by atoms with Gasteiger partial charge in [0.25, 0.3) is 5.91 Å². The molecule has 2 aromatic rings. The van der Waals surface area contributed by atoms with Gasteiger partial charge in [0, 0.05) is 29.4 Å². The van der Waals surface area contributed by atoms with Gasteiger partial charge in [0.05, 0.1) is 5.41 Å². The number of carbonyl (C=O) groups excluding carboxylic acids is 1. The maximum atomic E-state index is 12.4. The van der Waals surface area contributed by atoms with E-state index in [9.17, 15) is 14.7 Å². The Balaban J connectivity index is 1.76. The molecule has 0 radical (unpaired) electrons. The summed E-state index contributed by atoms with van der Waals surface area (Å²) < 4.78 is 0. The highest BCUT2D eigenvalue weighted by molar-refractivity contribution is 7.14.